The van der Waals surface area contributed by atoms with Gasteiger partial charge in [-0.15, -0.1) is 0 Å². The molecular weight excluding hydrogens is 386 g/mol. The van der Waals surface area contributed by atoms with E-state index in [1.165, 1.54) is 0 Å². The predicted octanol–water partition coefficient (Wildman–Crippen LogP) is 2.26. The van der Waals surface area contributed by atoms with Crippen LogP contribution in [0.25, 0.3) is 0 Å². The maximum Gasteiger partial charge on any atom is 0.270 e. The first-order valence-electron chi connectivity index (χ1n) is 7.76. The van der Waals surface area contributed by atoms with Crippen molar-refractivity contribution in [2.24, 2.45) is 5.92 Å². The summed E-state index contributed by atoms with van der Waals surface area (Å²) in [6.07, 6.45) is 0.117. The number of anilines is 1. The second kappa shape index (κ2) is 7.48. The molecule has 2 aromatic carbocycles. The van der Waals surface area contributed by atoms with Gasteiger partial charge in [-0.2, -0.15) is 0 Å². The zero-order chi connectivity index (χ0) is 17.8. The summed E-state index contributed by atoms with van der Waals surface area (Å²) in [5.41, 5.74) is 5.97. The van der Waals surface area contributed by atoms with E-state index in [1.54, 1.807) is 29.2 Å². The van der Waals surface area contributed by atoms with Gasteiger partial charge in [-0.05, 0) is 40.2 Å². The zero-order valence-corrected chi connectivity index (χ0v) is 14.8. The van der Waals surface area contributed by atoms with E-state index in [4.69, 9.17) is 0 Å². The van der Waals surface area contributed by atoms with Crippen molar-refractivity contribution in [3.05, 3.63) is 64.6 Å². The smallest absolute Gasteiger partial charge is 0.270 e. The maximum absolute atomic E-state index is 12.3. The molecule has 1 heterocycles. The predicted molar refractivity (Wildman–Crippen MR) is 96.7 cm³/mol. The van der Waals surface area contributed by atoms with Gasteiger partial charge in [-0.25, -0.2) is 0 Å². The number of halogens is 1. The van der Waals surface area contributed by atoms with E-state index in [0.717, 1.165) is 5.69 Å². The van der Waals surface area contributed by atoms with Crippen LogP contribution < -0.4 is 15.8 Å². The van der Waals surface area contributed by atoms with Gasteiger partial charge in [0.25, 0.3) is 5.91 Å². The summed E-state index contributed by atoms with van der Waals surface area (Å²) in [6, 6.07) is 16.1. The fourth-order valence-corrected chi connectivity index (χ4v) is 3.14. The third-order valence-electron chi connectivity index (χ3n) is 3.98. The number of rotatable bonds is 3. The van der Waals surface area contributed by atoms with Crippen LogP contribution in [0.2, 0.25) is 0 Å². The van der Waals surface area contributed by atoms with E-state index >= 15 is 0 Å². The number of amides is 3. The first kappa shape index (κ1) is 17.2. The van der Waals surface area contributed by atoms with E-state index in [0.29, 0.717) is 16.6 Å². The third kappa shape index (κ3) is 3.88. The Hall–Kier alpha value is -2.67. The molecule has 6 nitrogen and oxygen atoms in total. The van der Waals surface area contributed by atoms with Gasteiger partial charge < -0.3 is 4.90 Å². The van der Waals surface area contributed by atoms with Crippen LogP contribution in [0.4, 0.5) is 5.69 Å². The second-order valence-corrected chi connectivity index (χ2v) is 6.52. The van der Waals surface area contributed by atoms with E-state index < -0.39 is 11.8 Å². The number of hydrazine groups is 1. The van der Waals surface area contributed by atoms with Gasteiger partial charge in [0.2, 0.25) is 11.8 Å². The lowest BCUT2D eigenvalue weighted by Crippen LogP contribution is -2.45. The van der Waals surface area contributed by atoms with Crippen molar-refractivity contribution in [1.82, 2.24) is 10.9 Å². The minimum absolute atomic E-state index is 0.108. The average molecular weight is 402 g/mol. The van der Waals surface area contributed by atoms with Crippen LogP contribution >= 0.6 is 15.9 Å². The van der Waals surface area contributed by atoms with Crippen LogP contribution in [0.1, 0.15) is 16.8 Å². The van der Waals surface area contributed by atoms with Crippen molar-refractivity contribution in [3.8, 4) is 0 Å². The molecule has 7 heteroatoms. The van der Waals surface area contributed by atoms with E-state index in [2.05, 4.69) is 26.8 Å². The van der Waals surface area contributed by atoms with Crippen LogP contribution in [0.15, 0.2) is 59.1 Å². The number of benzene rings is 2. The minimum Gasteiger partial charge on any atom is -0.312 e. The highest BCUT2D eigenvalue weighted by atomic mass is 79.9. The molecule has 0 spiro atoms. The van der Waals surface area contributed by atoms with Crippen molar-refractivity contribution in [2.45, 2.75) is 6.42 Å². The summed E-state index contributed by atoms with van der Waals surface area (Å²) in [7, 11) is 0. The van der Waals surface area contributed by atoms with E-state index in [-0.39, 0.29) is 18.2 Å². The minimum atomic E-state index is -0.507. The van der Waals surface area contributed by atoms with Gasteiger partial charge in [0.15, 0.2) is 0 Å². The molecule has 0 aliphatic carbocycles. The normalized spacial score (nSPS) is 16.6. The highest BCUT2D eigenvalue weighted by Crippen LogP contribution is 2.24. The number of nitrogens with one attached hydrogen (secondary N) is 2. The first-order chi connectivity index (χ1) is 12.1. The Morgan fingerprint density at radius 3 is 2.40 bits per heavy atom. The van der Waals surface area contributed by atoms with Crippen molar-refractivity contribution in [3.63, 3.8) is 0 Å². The SMILES string of the molecule is O=C(NNC(=O)C1CC(=O)N(c2ccccc2)C1)c1ccccc1Br. The van der Waals surface area contributed by atoms with Crippen LogP contribution in [0.3, 0.4) is 0 Å². The van der Waals surface area contributed by atoms with Gasteiger partial charge in [0, 0.05) is 23.1 Å². The molecule has 128 valence electrons. The molecule has 0 radical (unpaired) electrons. The molecule has 0 saturated carbocycles. The summed E-state index contributed by atoms with van der Waals surface area (Å²) in [4.78, 5) is 38.1. The molecule has 1 fully saturated rings. The highest BCUT2D eigenvalue weighted by Gasteiger charge is 2.35. The lowest BCUT2D eigenvalue weighted by molar-refractivity contribution is -0.126. The van der Waals surface area contributed by atoms with Crippen LogP contribution in [-0.4, -0.2) is 24.3 Å². The van der Waals surface area contributed by atoms with Crippen molar-refractivity contribution in [1.29, 1.82) is 0 Å². The Labute approximate surface area is 153 Å². The van der Waals surface area contributed by atoms with Crippen LogP contribution in [-0.2, 0) is 9.59 Å². The zero-order valence-electron chi connectivity index (χ0n) is 13.2. The number of hydrogen-bond donors (Lipinski definition) is 2. The number of hydrogen-bond acceptors (Lipinski definition) is 3. The summed E-state index contributed by atoms with van der Waals surface area (Å²) in [5, 5.41) is 0. The van der Waals surface area contributed by atoms with E-state index in [1.807, 2.05) is 30.3 Å². The van der Waals surface area contributed by atoms with Crippen LogP contribution in [0, 0.1) is 5.92 Å². The molecule has 3 rings (SSSR count). The second-order valence-electron chi connectivity index (χ2n) is 5.66. The first-order valence-corrected chi connectivity index (χ1v) is 8.55. The molecule has 25 heavy (non-hydrogen) atoms. The Morgan fingerprint density at radius 2 is 1.68 bits per heavy atom. The largest absolute Gasteiger partial charge is 0.312 e. The lowest BCUT2D eigenvalue weighted by Gasteiger charge is -2.16. The fourth-order valence-electron chi connectivity index (χ4n) is 2.67. The van der Waals surface area contributed by atoms with Crippen molar-refractivity contribution >= 4 is 39.3 Å². The van der Waals surface area contributed by atoms with Crippen molar-refractivity contribution < 1.29 is 14.4 Å². The topological polar surface area (TPSA) is 78.5 Å². The van der Waals surface area contributed by atoms with Gasteiger partial charge in [0.1, 0.15) is 0 Å². The highest BCUT2D eigenvalue weighted by molar-refractivity contribution is 9.10. The van der Waals surface area contributed by atoms with Crippen LogP contribution in [0.5, 0.6) is 0 Å². The molecule has 0 aromatic heterocycles. The Bertz CT molecular complexity index is 810. The third-order valence-corrected chi connectivity index (χ3v) is 4.67. The number of carbonyl (C=O) groups is 3. The molecule has 0 bridgehead atoms. The summed E-state index contributed by atoms with van der Waals surface area (Å²) >= 11 is 3.29. The molecule has 2 aromatic rings. The Balaban J connectivity index is 1.58. The lowest BCUT2D eigenvalue weighted by atomic mass is 10.1. The summed E-state index contributed by atoms with van der Waals surface area (Å²) < 4.78 is 0.632. The van der Waals surface area contributed by atoms with Gasteiger partial charge in [-0.3, -0.25) is 25.2 Å². The molecule has 1 aliphatic heterocycles. The molecule has 1 unspecified atom stereocenters. The molecule has 2 N–H and O–H groups in total. The molecule has 1 atom stereocenters. The van der Waals surface area contributed by atoms with Crippen molar-refractivity contribution in [2.75, 3.05) is 11.4 Å². The summed E-state index contributed by atoms with van der Waals surface area (Å²) in [6.45, 7) is 0.291. The van der Waals surface area contributed by atoms with E-state index in [9.17, 15) is 14.4 Å². The van der Waals surface area contributed by atoms with Gasteiger partial charge in [0.05, 0.1) is 11.5 Å². The maximum atomic E-state index is 12.3. The fraction of sp³-hybridized carbons (Fsp3) is 0.167. The molecular formula is C18H16BrN3O3. The summed E-state index contributed by atoms with van der Waals surface area (Å²) in [5.74, 6) is -1.42. The van der Waals surface area contributed by atoms with Gasteiger partial charge in [-0.1, -0.05) is 30.3 Å². The Morgan fingerprint density at radius 1 is 1.00 bits per heavy atom. The molecule has 1 aliphatic rings. The molecule has 3 amide bonds. The number of para-hydroxylation sites is 1. The number of nitrogens with zero attached hydrogens (tertiary/aromatic N) is 1. The standard InChI is InChI=1S/C18H16BrN3O3/c19-15-9-5-4-8-14(15)18(25)21-20-17(24)12-10-16(23)22(11-12)13-6-2-1-3-7-13/h1-9,12H,10-11H2,(H,20,24)(H,21,25). The Kier molecular flexibility index (Phi) is 5.14. The average Bonchev–Trinajstić information content (AvgIpc) is 3.02. The molecule has 1 saturated heterocycles. The quantitative estimate of drug-likeness (QED) is 0.774. The van der Waals surface area contributed by atoms with Gasteiger partial charge >= 0.3 is 0 Å². The number of carbonyl (C=O) groups excluding carboxylic acids is 3. The monoisotopic (exact) mass is 401 g/mol.